The van der Waals surface area contributed by atoms with Crippen LogP contribution in [0.2, 0.25) is 5.02 Å². The fourth-order valence-electron chi connectivity index (χ4n) is 2.85. The number of nitrogens with zero attached hydrogens (tertiary/aromatic N) is 2. The molecule has 5 nitrogen and oxygen atoms in total. The number of rotatable bonds is 8. The van der Waals surface area contributed by atoms with Gasteiger partial charge in [0, 0.05) is 31.5 Å². The minimum absolute atomic E-state index is 0.0325. The maximum absolute atomic E-state index is 12.1. The van der Waals surface area contributed by atoms with Crippen molar-refractivity contribution < 1.29 is 9.21 Å². The Morgan fingerprint density at radius 2 is 1.82 bits per heavy atom. The molecule has 0 saturated carbocycles. The van der Waals surface area contributed by atoms with Crippen molar-refractivity contribution in [3.8, 4) is 11.3 Å². The van der Waals surface area contributed by atoms with E-state index < -0.39 is 0 Å². The van der Waals surface area contributed by atoms with Crippen molar-refractivity contribution in [1.82, 2.24) is 15.2 Å². The highest BCUT2D eigenvalue weighted by atomic mass is 35.5. The number of nitrogens with one attached hydrogen (secondary N) is 1. The molecule has 146 valence electrons. The minimum atomic E-state index is -0.0325. The minimum Gasteiger partial charge on any atom is -0.441 e. The SMILES string of the molecule is CN(C)Cc1ccc(CNC(=O)CCc2ncc(-c3ccccc3Cl)o2)cc1. The average Bonchev–Trinajstić information content (AvgIpc) is 3.14. The van der Waals surface area contributed by atoms with Crippen molar-refractivity contribution in [2.45, 2.75) is 25.9 Å². The molecule has 2 aromatic carbocycles. The largest absolute Gasteiger partial charge is 0.441 e. The molecule has 1 amide bonds. The first kappa shape index (κ1) is 20.1. The molecule has 1 N–H and O–H groups in total. The zero-order valence-corrected chi connectivity index (χ0v) is 16.9. The third kappa shape index (κ3) is 5.68. The van der Waals surface area contributed by atoms with E-state index in [1.54, 1.807) is 12.3 Å². The number of hydrogen-bond acceptors (Lipinski definition) is 4. The van der Waals surface area contributed by atoms with Gasteiger partial charge in [0.05, 0.1) is 11.2 Å². The van der Waals surface area contributed by atoms with E-state index in [-0.39, 0.29) is 5.91 Å². The van der Waals surface area contributed by atoms with Crippen molar-refractivity contribution in [2.75, 3.05) is 14.1 Å². The first-order valence-corrected chi connectivity index (χ1v) is 9.58. The Labute approximate surface area is 170 Å². The van der Waals surface area contributed by atoms with Crippen LogP contribution in [0.5, 0.6) is 0 Å². The normalized spacial score (nSPS) is 11.0. The number of aromatic nitrogens is 1. The van der Waals surface area contributed by atoms with E-state index in [9.17, 15) is 4.79 Å². The second-order valence-corrected chi connectivity index (χ2v) is 7.34. The fraction of sp³-hybridized carbons (Fsp3) is 0.273. The fourth-order valence-corrected chi connectivity index (χ4v) is 3.08. The average molecular weight is 398 g/mol. The van der Waals surface area contributed by atoms with Gasteiger partial charge >= 0.3 is 0 Å². The maximum atomic E-state index is 12.1. The van der Waals surface area contributed by atoms with E-state index in [1.165, 1.54) is 5.56 Å². The lowest BCUT2D eigenvalue weighted by atomic mass is 10.1. The molecule has 1 aromatic heterocycles. The second kappa shape index (κ2) is 9.53. The lowest BCUT2D eigenvalue weighted by Gasteiger charge is -2.10. The number of carbonyl (C=O) groups is 1. The number of oxazole rings is 1. The van der Waals surface area contributed by atoms with Crippen molar-refractivity contribution in [3.63, 3.8) is 0 Å². The van der Waals surface area contributed by atoms with Crippen molar-refractivity contribution in [1.29, 1.82) is 0 Å². The van der Waals surface area contributed by atoms with Gasteiger partial charge in [-0.2, -0.15) is 0 Å². The predicted octanol–water partition coefficient (Wildman–Crippen LogP) is 4.31. The third-order valence-corrected chi connectivity index (χ3v) is 4.60. The molecule has 0 unspecified atom stereocenters. The Balaban J connectivity index is 1.46. The number of halogens is 1. The molecule has 0 aliphatic rings. The number of aryl methyl sites for hydroxylation is 1. The van der Waals surface area contributed by atoms with Gasteiger partial charge in [-0.3, -0.25) is 4.79 Å². The Hall–Kier alpha value is -2.63. The molecule has 0 bridgehead atoms. The summed E-state index contributed by atoms with van der Waals surface area (Å²) < 4.78 is 5.73. The summed E-state index contributed by atoms with van der Waals surface area (Å²) in [6.07, 6.45) is 2.41. The Morgan fingerprint density at radius 1 is 1.11 bits per heavy atom. The number of hydrogen-bond donors (Lipinski definition) is 1. The smallest absolute Gasteiger partial charge is 0.220 e. The monoisotopic (exact) mass is 397 g/mol. The summed E-state index contributed by atoms with van der Waals surface area (Å²) in [6.45, 7) is 1.41. The van der Waals surface area contributed by atoms with Crippen LogP contribution in [-0.2, 0) is 24.3 Å². The summed E-state index contributed by atoms with van der Waals surface area (Å²) in [5, 5.41) is 3.55. The lowest BCUT2D eigenvalue weighted by molar-refractivity contribution is -0.121. The van der Waals surface area contributed by atoms with Gasteiger partial charge in [0.2, 0.25) is 5.91 Å². The summed E-state index contributed by atoms with van der Waals surface area (Å²) in [7, 11) is 4.08. The summed E-state index contributed by atoms with van der Waals surface area (Å²) in [4.78, 5) is 18.5. The molecule has 6 heteroatoms. The van der Waals surface area contributed by atoms with E-state index in [2.05, 4.69) is 27.3 Å². The summed E-state index contributed by atoms with van der Waals surface area (Å²) >= 11 is 6.18. The molecule has 0 fully saturated rings. The van der Waals surface area contributed by atoms with Gasteiger partial charge in [-0.25, -0.2) is 4.98 Å². The third-order valence-electron chi connectivity index (χ3n) is 4.27. The molecule has 0 atom stereocenters. The standard InChI is InChI=1S/C22H24ClN3O2/c1-26(2)15-17-9-7-16(8-10-17)13-24-21(27)11-12-22-25-14-20(28-22)18-5-3-4-6-19(18)23/h3-10,14H,11-13,15H2,1-2H3,(H,24,27). The lowest BCUT2D eigenvalue weighted by Crippen LogP contribution is -2.23. The molecule has 0 aliphatic heterocycles. The van der Waals surface area contributed by atoms with E-state index in [1.807, 2.05) is 44.4 Å². The summed E-state index contributed by atoms with van der Waals surface area (Å²) in [6, 6.07) is 15.7. The van der Waals surface area contributed by atoms with Crippen LogP contribution in [0, 0.1) is 0 Å². The van der Waals surface area contributed by atoms with Gasteiger partial charge in [-0.15, -0.1) is 0 Å². The summed E-state index contributed by atoms with van der Waals surface area (Å²) in [5.74, 6) is 1.10. The summed E-state index contributed by atoms with van der Waals surface area (Å²) in [5.41, 5.74) is 3.12. The molecule has 3 aromatic rings. The van der Waals surface area contributed by atoms with Gasteiger partial charge in [-0.1, -0.05) is 48.0 Å². The molecule has 28 heavy (non-hydrogen) atoms. The predicted molar refractivity (Wildman–Crippen MR) is 111 cm³/mol. The van der Waals surface area contributed by atoms with E-state index in [0.29, 0.717) is 36.1 Å². The zero-order valence-electron chi connectivity index (χ0n) is 16.1. The van der Waals surface area contributed by atoms with Gasteiger partial charge < -0.3 is 14.6 Å². The van der Waals surface area contributed by atoms with Crippen LogP contribution in [0.1, 0.15) is 23.4 Å². The van der Waals surface area contributed by atoms with Crippen molar-refractivity contribution in [2.24, 2.45) is 0 Å². The highest BCUT2D eigenvalue weighted by Crippen LogP contribution is 2.28. The molecular formula is C22H24ClN3O2. The van der Waals surface area contributed by atoms with Crippen LogP contribution < -0.4 is 5.32 Å². The van der Waals surface area contributed by atoms with Crippen LogP contribution in [-0.4, -0.2) is 29.9 Å². The van der Waals surface area contributed by atoms with E-state index >= 15 is 0 Å². The number of carbonyl (C=O) groups excluding carboxylic acids is 1. The quantitative estimate of drug-likeness (QED) is 0.615. The zero-order chi connectivity index (χ0) is 19.9. The Morgan fingerprint density at radius 3 is 2.54 bits per heavy atom. The second-order valence-electron chi connectivity index (χ2n) is 6.93. The molecule has 3 rings (SSSR count). The molecular weight excluding hydrogens is 374 g/mol. The van der Waals surface area contributed by atoms with Crippen LogP contribution in [0.25, 0.3) is 11.3 Å². The van der Waals surface area contributed by atoms with Crippen LogP contribution >= 0.6 is 11.6 Å². The van der Waals surface area contributed by atoms with Gasteiger partial charge in [0.1, 0.15) is 0 Å². The van der Waals surface area contributed by atoms with Crippen LogP contribution in [0.4, 0.5) is 0 Å². The molecule has 0 radical (unpaired) electrons. The maximum Gasteiger partial charge on any atom is 0.220 e. The molecule has 0 spiro atoms. The Kier molecular flexibility index (Phi) is 6.85. The molecule has 0 saturated heterocycles. The molecule has 0 aliphatic carbocycles. The van der Waals surface area contributed by atoms with Crippen molar-refractivity contribution in [3.05, 3.63) is 76.8 Å². The highest BCUT2D eigenvalue weighted by Gasteiger charge is 2.11. The van der Waals surface area contributed by atoms with Crippen LogP contribution in [0.15, 0.2) is 59.1 Å². The number of benzene rings is 2. The first-order valence-electron chi connectivity index (χ1n) is 9.20. The van der Waals surface area contributed by atoms with E-state index in [0.717, 1.165) is 17.7 Å². The topological polar surface area (TPSA) is 58.4 Å². The van der Waals surface area contributed by atoms with Crippen LogP contribution in [0.3, 0.4) is 0 Å². The Bertz CT molecular complexity index is 920. The molecule has 1 heterocycles. The number of amides is 1. The van der Waals surface area contributed by atoms with E-state index in [4.69, 9.17) is 16.0 Å². The first-order chi connectivity index (χ1) is 13.5. The van der Waals surface area contributed by atoms with Gasteiger partial charge in [0.25, 0.3) is 0 Å². The van der Waals surface area contributed by atoms with Gasteiger partial charge in [-0.05, 0) is 37.4 Å². The highest BCUT2D eigenvalue weighted by molar-refractivity contribution is 6.33. The van der Waals surface area contributed by atoms with Gasteiger partial charge in [0.15, 0.2) is 11.7 Å². The van der Waals surface area contributed by atoms with Crippen molar-refractivity contribution >= 4 is 17.5 Å².